The highest BCUT2D eigenvalue weighted by Crippen LogP contribution is 1.69. The zero-order chi connectivity index (χ0) is 10.5. The first kappa shape index (κ1) is 14.6. The van der Waals surface area contributed by atoms with Gasteiger partial charge in [-0.25, -0.2) is 0 Å². The number of aldehydes is 1. The van der Waals surface area contributed by atoms with Gasteiger partial charge in [0.05, 0.1) is 6.42 Å². The maximum atomic E-state index is 10.4. The number of carbonyl (C=O) groups excluding carboxylic acids is 2. The molecule has 78 valence electrons. The fourth-order valence-corrected chi connectivity index (χ4v) is 0.359. The highest BCUT2D eigenvalue weighted by atomic mass is 16.2. The van der Waals surface area contributed by atoms with Gasteiger partial charge in [-0.2, -0.15) is 0 Å². The summed E-state index contributed by atoms with van der Waals surface area (Å²) in [6, 6.07) is 0. The molecule has 1 amide bonds. The van der Waals surface area contributed by atoms with Gasteiger partial charge in [0.1, 0.15) is 6.29 Å². The molecule has 0 bridgehead atoms. The fraction of sp³-hybridized carbons (Fsp3) is 0.750. The lowest BCUT2D eigenvalue weighted by Gasteiger charge is -1.96. The summed E-state index contributed by atoms with van der Waals surface area (Å²) in [5.74, 6) is -0.268. The quantitative estimate of drug-likeness (QED) is 0.382. The summed E-state index contributed by atoms with van der Waals surface area (Å²) in [5, 5.41) is 2.44. The fourth-order valence-electron chi connectivity index (χ4n) is 0.359. The molecule has 0 aliphatic heterocycles. The van der Waals surface area contributed by atoms with E-state index in [-0.39, 0.29) is 12.3 Å². The Kier molecular flexibility index (Phi) is 15.3. The topological polar surface area (TPSA) is 98.2 Å². The van der Waals surface area contributed by atoms with E-state index in [2.05, 4.69) is 12.2 Å². The lowest BCUT2D eigenvalue weighted by molar-refractivity contribution is -0.123. The Labute approximate surface area is 78.9 Å². The number of nitrogens with two attached hydrogens (primary N) is 2. The standard InChI is InChI=1S/C5H10N2O2.C3H9N/c6-2-3-7-5(9)1-4-8;1-2-3-4/h4H,1-3,6H2,(H,7,9);2-4H2,1H3. The summed E-state index contributed by atoms with van der Waals surface area (Å²) < 4.78 is 0. The predicted octanol–water partition coefficient (Wildman–Crippen LogP) is -0.995. The summed E-state index contributed by atoms with van der Waals surface area (Å²) in [4.78, 5) is 20.1. The summed E-state index contributed by atoms with van der Waals surface area (Å²) >= 11 is 0. The molecular weight excluding hydrogens is 170 g/mol. The van der Waals surface area contributed by atoms with Crippen LogP contribution < -0.4 is 16.8 Å². The van der Waals surface area contributed by atoms with Crippen LogP contribution in [0.3, 0.4) is 0 Å². The largest absolute Gasteiger partial charge is 0.354 e. The molecule has 0 atom stereocenters. The van der Waals surface area contributed by atoms with Crippen molar-refractivity contribution in [3.8, 4) is 0 Å². The van der Waals surface area contributed by atoms with E-state index in [1.807, 2.05) is 0 Å². The van der Waals surface area contributed by atoms with Gasteiger partial charge in [-0.15, -0.1) is 0 Å². The number of hydrogen-bond donors (Lipinski definition) is 3. The van der Waals surface area contributed by atoms with Crippen molar-refractivity contribution in [2.75, 3.05) is 19.6 Å². The molecule has 0 saturated carbocycles. The first-order valence-corrected chi connectivity index (χ1v) is 4.33. The van der Waals surface area contributed by atoms with Crippen molar-refractivity contribution >= 4 is 12.2 Å². The van der Waals surface area contributed by atoms with Crippen LogP contribution in [-0.4, -0.2) is 31.8 Å². The smallest absolute Gasteiger partial charge is 0.227 e. The van der Waals surface area contributed by atoms with Crippen molar-refractivity contribution in [3.63, 3.8) is 0 Å². The van der Waals surface area contributed by atoms with Gasteiger partial charge in [0.2, 0.25) is 5.91 Å². The number of nitrogens with one attached hydrogen (secondary N) is 1. The molecular formula is C8H19N3O2. The maximum absolute atomic E-state index is 10.4. The van der Waals surface area contributed by atoms with Gasteiger partial charge in [-0.05, 0) is 13.0 Å². The number of hydrogen-bond acceptors (Lipinski definition) is 4. The van der Waals surface area contributed by atoms with Crippen molar-refractivity contribution in [1.29, 1.82) is 0 Å². The number of amides is 1. The Bertz CT molecular complexity index is 127. The van der Waals surface area contributed by atoms with E-state index in [4.69, 9.17) is 11.5 Å². The second-order valence-electron chi connectivity index (χ2n) is 2.30. The Morgan fingerprint density at radius 2 is 1.92 bits per heavy atom. The molecule has 5 heteroatoms. The summed E-state index contributed by atoms with van der Waals surface area (Å²) in [5.41, 5.74) is 10.1. The molecule has 0 heterocycles. The zero-order valence-corrected chi connectivity index (χ0v) is 8.08. The Morgan fingerprint density at radius 3 is 2.23 bits per heavy atom. The first-order chi connectivity index (χ1) is 6.22. The molecule has 0 aromatic heterocycles. The van der Waals surface area contributed by atoms with Gasteiger partial charge < -0.3 is 21.6 Å². The molecule has 0 unspecified atom stereocenters. The molecule has 0 aliphatic rings. The van der Waals surface area contributed by atoms with E-state index >= 15 is 0 Å². The molecule has 0 spiro atoms. The molecule has 0 fully saturated rings. The summed E-state index contributed by atoms with van der Waals surface area (Å²) in [7, 11) is 0. The second kappa shape index (κ2) is 13.6. The Balaban J connectivity index is 0. The molecule has 0 rings (SSSR count). The third-order valence-electron chi connectivity index (χ3n) is 1.02. The normalized spacial score (nSPS) is 8.23. The van der Waals surface area contributed by atoms with Crippen molar-refractivity contribution in [1.82, 2.24) is 5.32 Å². The van der Waals surface area contributed by atoms with E-state index in [1.165, 1.54) is 0 Å². The van der Waals surface area contributed by atoms with Crippen LogP contribution in [-0.2, 0) is 9.59 Å². The minimum atomic E-state index is -0.268. The van der Waals surface area contributed by atoms with Gasteiger partial charge in [0.25, 0.3) is 0 Å². The van der Waals surface area contributed by atoms with Crippen LogP contribution >= 0.6 is 0 Å². The molecule has 0 aromatic rings. The molecule has 0 aromatic carbocycles. The molecule has 5 N–H and O–H groups in total. The van der Waals surface area contributed by atoms with Crippen LogP contribution in [0.25, 0.3) is 0 Å². The highest BCUT2D eigenvalue weighted by Gasteiger charge is 1.94. The number of carbonyl (C=O) groups is 2. The van der Waals surface area contributed by atoms with Gasteiger partial charge in [-0.1, -0.05) is 6.92 Å². The van der Waals surface area contributed by atoms with Crippen LogP contribution in [0.1, 0.15) is 19.8 Å². The lowest BCUT2D eigenvalue weighted by atomic mass is 10.4. The zero-order valence-electron chi connectivity index (χ0n) is 8.08. The minimum absolute atomic E-state index is 0.0694. The van der Waals surface area contributed by atoms with Crippen LogP contribution in [0.5, 0.6) is 0 Å². The second-order valence-corrected chi connectivity index (χ2v) is 2.30. The van der Waals surface area contributed by atoms with Gasteiger partial charge in [0, 0.05) is 13.1 Å². The molecule has 5 nitrogen and oxygen atoms in total. The lowest BCUT2D eigenvalue weighted by Crippen LogP contribution is -2.28. The average molecular weight is 189 g/mol. The first-order valence-electron chi connectivity index (χ1n) is 4.33. The van der Waals surface area contributed by atoms with Crippen LogP contribution in [0.15, 0.2) is 0 Å². The van der Waals surface area contributed by atoms with E-state index < -0.39 is 0 Å². The van der Waals surface area contributed by atoms with E-state index in [0.29, 0.717) is 19.4 Å². The van der Waals surface area contributed by atoms with E-state index in [0.717, 1.165) is 13.0 Å². The monoisotopic (exact) mass is 189 g/mol. The van der Waals surface area contributed by atoms with Crippen LogP contribution in [0.2, 0.25) is 0 Å². The van der Waals surface area contributed by atoms with Gasteiger partial charge in [0.15, 0.2) is 0 Å². The molecule has 13 heavy (non-hydrogen) atoms. The van der Waals surface area contributed by atoms with Crippen molar-refractivity contribution in [2.24, 2.45) is 11.5 Å². The predicted molar refractivity (Wildman–Crippen MR) is 52.1 cm³/mol. The van der Waals surface area contributed by atoms with Gasteiger partial charge in [-0.3, -0.25) is 4.79 Å². The summed E-state index contributed by atoms with van der Waals surface area (Å²) in [6.07, 6.45) is 1.59. The van der Waals surface area contributed by atoms with E-state index in [9.17, 15) is 9.59 Å². The third kappa shape index (κ3) is 18.2. The molecule has 0 radical (unpaired) electrons. The van der Waals surface area contributed by atoms with E-state index in [1.54, 1.807) is 0 Å². The van der Waals surface area contributed by atoms with Gasteiger partial charge >= 0.3 is 0 Å². The van der Waals surface area contributed by atoms with Crippen LogP contribution in [0, 0.1) is 0 Å². The Hall–Kier alpha value is -0.940. The SMILES string of the molecule is CCCN.NCCNC(=O)CC=O. The van der Waals surface area contributed by atoms with Crippen molar-refractivity contribution in [3.05, 3.63) is 0 Å². The summed E-state index contributed by atoms with van der Waals surface area (Å²) in [6.45, 7) is 3.72. The molecule has 0 saturated heterocycles. The van der Waals surface area contributed by atoms with Crippen molar-refractivity contribution in [2.45, 2.75) is 19.8 Å². The third-order valence-corrected chi connectivity index (χ3v) is 1.02. The highest BCUT2D eigenvalue weighted by molar-refractivity contribution is 5.87. The Morgan fingerprint density at radius 1 is 1.38 bits per heavy atom. The minimum Gasteiger partial charge on any atom is -0.354 e. The molecule has 0 aliphatic carbocycles. The number of rotatable bonds is 5. The average Bonchev–Trinajstić information content (AvgIpc) is 2.16. The van der Waals surface area contributed by atoms with Crippen LogP contribution in [0.4, 0.5) is 0 Å². The maximum Gasteiger partial charge on any atom is 0.227 e. The van der Waals surface area contributed by atoms with Crippen molar-refractivity contribution < 1.29 is 9.59 Å².